The molecule has 4 atom stereocenters. The van der Waals surface area contributed by atoms with Crippen molar-refractivity contribution in [1.29, 1.82) is 0 Å². The molecule has 0 bridgehead atoms. The molecule has 1 aromatic rings. The fraction of sp³-hybridized carbons (Fsp3) is 0.655. The van der Waals surface area contributed by atoms with E-state index >= 15 is 0 Å². The Labute approximate surface area is 232 Å². The minimum absolute atomic E-state index is 0.0853. The maximum Gasteiger partial charge on any atom is 0.408 e. The lowest BCUT2D eigenvalue weighted by Crippen LogP contribution is -2.55. The number of carbonyl (C=O) groups is 4. The van der Waals surface area contributed by atoms with Gasteiger partial charge in [0.05, 0.1) is 7.11 Å². The van der Waals surface area contributed by atoms with E-state index < -0.39 is 35.9 Å². The van der Waals surface area contributed by atoms with Crippen molar-refractivity contribution in [3.05, 3.63) is 35.9 Å². The molecule has 0 spiro atoms. The number of rotatable bonds is 7. The summed E-state index contributed by atoms with van der Waals surface area (Å²) in [5.41, 5.74) is 1.06. The number of nitrogens with one attached hydrogen (secondary N) is 2. The summed E-state index contributed by atoms with van der Waals surface area (Å²) >= 11 is 0. The average molecular weight is 547 g/mol. The number of ether oxygens (including phenoxy) is 1. The van der Waals surface area contributed by atoms with Crippen molar-refractivity contribution in [2.45, 2.75) is 83.4 Å². The van der Waals surface area contributed by atoms with Crippen molar-refractivity contribution in [2.75, 3.05) is 28.3 Å². The highest BCUT2D eigenvalue weighted by Crippen LogP contribution is 2.22. The summed E-state index contributed by atoms with van der Waals surface area (Å²) in [5, 5.41) is 6.58. The predicted octanol–water partition coefficient (Wildman–Crippen LogP) is 3.30. The van der Waals surface area contributed by atoms with E-state index in [-0.39, 0.29) is 24.3 Å². The molecule has 4 amide bonds. The Hall–Kier alpha value is -3.14. The third kappa shape index (κ3) is 10.9. The van der Waals surface area contributed by atoms with Crippen LogP contribution in [-0.4, -0.2) is 80.2 Å². The lowest BCUT2D eigenvalue weighted by atomic mass is 9.91. The van der Waals surface area contributed by atoms with Gasteiger partial charge in [-0.05, 0) is 43.6 Å². The molecule has 1 heterocycles. The van der Waals surface area contributed by atoms with Gasteiger partial charge in [0.25, 0.3) is 5.91 Å². The number of carbonyl (C=O) groups excluding carboxylic acids is 4. The fourth-order valence-electron chi connectivity index (χ4n) is 4.84. The van der Waals surface area contributed by atoms with Gasteiger partial charge in [-0.25, -0.2) is 9.86 Å². The Kier molecular flexibility index (Phi) is 13.2. The van der Waals surface area contributed by atoms with Gasteiger partial charge in [-0.2, -0.15) is 0 Å². The lowest BCUT2D eigenvalue weighted by Gasteiger charge is -2.29. The van der Waals surface area contributed by atoms with E-state index in [1.807, 2.05) is 44.2 Å². The monoisotopic (exact) mass is 546 g/mol. The maximum absolute atomic E-state index is 13.5. The zero-order chi connectivity index (χ0) is 28.9. The first-order valence-electron chi connectivity index (χ1n) is 13.9. The van der Waals surface area contributed by atoms with Gasteiger partial charge in [-0.15, -0.1) is 0 Å². The zero-order valence-corrected chi connectivity index (χ0v) is 24.3. The minimum Gasteiger partial charge on any atom is -0.446 e. The smallest absolute Gasteiger partial charge is 0.408 e. The molecule has 2 rings (SSSR count). The number of benzene rings is 1. The van der Waals surface area contributed by atoms with Crippen LogP contribution in [0.25, 0.3) is 0 Å². The number of likely N-dealkylation sites (N-methyl/N-ethyl adjacent to an activating group) is 1. The number of nitrogens with zero attached hydrogens (tertiary/aromatic N) is 2. The van der Waals surface area contributed by atoms with Gasteiger partial charge in [0.1, 0.15) is 18.2 Å². The van der Waals surface area contributed by atoms with Crippen LogP contribution < -0.4 is 10.6 Å². The van der Waals surface area contributed by atoms with E-state index in [0.717, 1.165) is 29.9 Å². The van der Waals surface area contributed by atoms with Gasteiger partial charge < -0.3 is 20.3 Å². The summed E-state index contributed by atoms with van der Waals surface area (Å²) in [4.78, 5) is 59.3. The van der Waals surface area contributed by atoms with Crippen LogP contribution in [0.4, 0.5) is 4.79 Å². The van der Waals surface area contributed by atoms with Crippen molar-refractivity contribution in [1.82, 2.24) is 20.6 Å². The minimum atomic E-state index is -1.00. The van der Waals surface area contributed by atoms with Crippen LogP contribution >= 0.6 is 0 Å². The van der Waals surface area contributed by atoms with Gasteiger partial charge in [0, 0.05) is 33.5 Å². The van der Waals surface area contributed by atoms with E-state index in [2.05, 4.69) is 10.6 Å². The molecule has 0 saturated carbocycles. The van der Waals surface area contributed by atoms with Gasteiger partial charge in [0.15, 0.2) is 0 Å². The first-order valence-corrected chi connectivity index (χ1v) is 13.9. The number of hydrogen-bond donors (Lipinski definition) is 2. The lowest BCUT2D eigenvalue weighted by molar-refractivity contribution is -0.172. The predicted molar refractivity (Wildman–Crippen MR) is 148 cm³/mol. The molecule has 1 saturated heterocycles. The van der Waals surface area contributed by atoms with Crippen molar-refractivity contribution in [2.24, 2.45) is 11.8 Å². The van der Waals surface area contributed by atoms with Crippen LogP contribution in [0.2, 0.25) is 0 Å². The van der Waals surface area contributed by atoms with Crippen LogP contribution in [0, 0.1) is 11.8 Å². The standard InChI is InChI=1S/C29H46N4O6/c1-20(2)17-24-26(34)30-25(28(36)33(5)38-6)19-22(27(35)32(3)4)15-11-8-12-16-23(39-29(37)31-24)18-21-13-9-7-10-14-21/h7,9-10,13-14,20,22-25H,8,11-12,15-19H2,1-6H3,(H,30,34)(H,31,37)/t22?,23?,24-,25-/m0/s1. The Morgan fingerprint density at radius 1 is 1.00 bits per heavy atom. The number of alkyl carbamates (subject to hydrolysis) is 1. The van der Waals surface area contributed by atoms with E-state index in [1.165, 1.54) is 19.1 Å². The zero-order valence-electron chi connectivity index (χ0n) is 24.3. The summed E-state index contributed by atoms with van der Waals surface area (Å²) in [6.07, 6.45) is 3.68. The van der Waals surface area contributed by atoms with Crippen LogP contribution in [-0.2, 0) is 30.4 Å². The van der Waals surface area contributed by atoms with E-state index in [0.29, 0.717) is 25.7 Å². The SMILES string of the molecule is CON(C)C(=O)[C@@H]1CC(C(=O)N(C)C)CCCCCC(Cc2ccccc2)OC(=O)N[C@@H](CC(C)C)C(=O)N1. The molecule has 39 heavy (non-hydrogen) atoms. The number of cyclic esters (lactones) is 1. The molecular formula is C29H46N4O6. The van der Waals surface area contributed by atoms with Crippen molar-refractivity contribution in [3.63, 3.8) is 0 Å². The molecule has 1 aliphatic heterocycles. The second-order valence-electron chi connectivity index (χ2n) is 10.9. The molecule has 2 unspecified atom stereocenters. The number of amides is 4. The second-order valence-corrected chi connectivity index (χ2v) is 10.9. The first kappa shape index (κ1) is 32.1. The van der Waals surface area contributed by atoms with Crippen molar-refractivity contribution < 1.29 is 28.8 Å². The molecule has 0 aromatic heterocycles. The largest absolute Gasteiger partial charge is 0.446 e. The third-order valence-corrected chi connectivity index (χ3v) is 6.98. The van der Waals surface area contributed by atoms with Gasteiger partial charge in [0.2, 0.25) is 11.8 Å². The Morgan fingerprint density at radius 3 is 2.28 bits per heavy atom. The van der Waals surface area contributed by atoms with E-state index in [4.69, 9.17) is 9.57 Å². The summed E-state index contributed by atoms with van der Waals surface area (Å²) in [5.74, 6) is -1.44. The van der Waals surface area contributed by atoms with E-state index in [9.17, 15) is 19.2 Å². The number of hydrogen-bond acceptors (Lipinski definition) is 6. The highest BCUT2D eigenvalue weighted by molar-refractivity contribution is 5.91. The van der Waals surface area contributed by atoms with E-state index in [1.54, 1.807) is 14.1 Å². The van der Waals surface area contributed by atoms with Crippen molar-refractivity contribution >= 4 is 23.8 Å². The average Bonchev–Trinajstić information content (AvgIpc) is 2.89. The highest BCUT2D eigenvalue weighted by Gasteiger charge is 2.34. The topological polar surface area (TPSA) is 117 Å². The van der Waals surface area contributed by atoms with Crippen molar-refractivity contribution in [3.8, 4) is 0 Å². The molecule has 1 aliphatic rings. The van der Waals surface area contributed by atoms with Gasteiger partial charge >= 0.3 is 6.09 Å². The van der Waals surface area contributed by atoms with Gasteiger partial charge in [-0.3, -0.25) is 19.2 Å². The molecule has 10 nitrogen and oxygen atoms in total. The van der Waals surface area contributed by atoms with Crippen LogP contribution in [0.3, 0.4) is 0 Å². The highest BCUT2D eigenvalue weighted by atomic mass is 16.7. The third-order valence-electron chi connectivity index (χ3n) is 6.98. The molecule has 1 aromatic carbocycles. The summed E-state index contributed by atoms with van der Waals surface area (Å²) in [6.45, 7) is 3.89. The number of hydroxylamine groups is 2. The Bertz CT molecular complexity index is 939. The normalized spacial score (nSPS) is 23.5. The molecule has 218 valence electrons. The maximum atomic E-state index is 13.5. The van der Waals surface area contributed by atoms with Gasteiger partial charge in [-0.1, -0.05) is 57.0 Å². The summed E-state index contributed by atoms with van der Waals surface area (Å²) in [7, 11) is 6.20. The molecule has 10 heteroatoms. The molecule has 0 aliphatic carbocycles. The Balaban J connectivity index is 2.36. The summed E-state index contributed by atoms with van der Waals surface area (Å²) < 4.78 is 5.83. The summed E-state index contributed by atoms with van der Waals surface area (Å²) in [6, 6.07) is 7.92. The first-order chi connectivity index (χ1) is 18.5. The molecular weight excluding hydrogens is 500 g/mol. The molecule has 0 radical (unpaired) electrons. The van der Waals surface area contributed by atoms with Crippen LogP contribution in [0.15, 0.2) is 30.3 Å². The van der Waals surface area contributed by atoms with Crippen LogP contribution in [0.1, 0.15) is 64.4 Å². The Morgan fingerprint density at radius 2 is 1.67 bits per heavy atom. The quantitative estimate of drug-likeness (QED) is 0.507. The molecule has 1 fully saturated rings. The second kappa shape index (κ2) is 16.1. The fourth-order valence-corrected chi connectivity index (χ4v) is 4.84. The van der Waals surface area contributed by atoms with Crippen LogP contribution in [0.5, 0.6) is 0 Å². The molecule has 2 N–H and O–H groups in total.